The van der Waals surface area contributed by atoms with E-state index in [0.29, 0.717) is 0 Å². The van der Waals surface area contributed by atoms with Gasteiger partial charge in [0.25, 0.3) is 0 Å². The van der Waals surface area contributed by atoms with Gasteiger partial charge in [0.1, 0.15) is 0 Å². The number of likely N-dealkylation sites (tertiary alicyclic amines) is 1. The van der Waals surface area contributed by atoms with Crippen molar-refractivity contribution in [2.75, 3.05) is 13.1 Å². The Morgan fingerprint density at radius 3 is 2.35 bits per heavy atom. The largest absolute Gasteiger partial charge is 0.391 e. The molecule has 1 aliphatic heterocycles. The lowest BCUT2D eigenvalue weighted by molar-refractivity contribution is 0.0234. The average molecular weight is 410 g/mol. The third-order valence-electron chi connectivity index (χ3n) is 6.76. The van der Waals surface area contributed by atoms with Crippen LogP contribution < -0.4 is 0 Å². The second-order valence-electron chi connectivity index (χ2n) is 8.01. The zero-order valence-electron chi connectivity index (χ0n) is 14.9. The van der Waals surface area contributed by atoms with Crippen molar-refractivity contribution in [3.8, 4) is 0 Å². The first-order valence-corrected chi connectivity index (χ1v) is 10.4. The Kier molecular flexibility index (Phi) is 4.07. The molecule has 1 fully saturated rings. The number of rotatable bonds is 1. The molecule has 2 aromatic rings. The van der Waals surface area contributed by atoms with Gasteiger partial charge in [0.2, 0.25) is 0 Å². The molecule has 2 aliphatic carbocycles. The maximum absolute atomic E-state index is 10.8. The number of benzene rings is 2. The molecule has 1 saturated heterocycles. The predicted molar refractivity (Wildman–Crippen MR) is 109 cm³/mol. The molecule has 1 N–H and O–H groups in total. The van der Waals surface area contributed by atoms with Gasteiger partial charge < -0.3 is 5.11 Å². The first kappa shape index (κ1) is 16.7. The van der Waals surface area contributed by atoms with Crippen molar-refractivity contribution in [1.29, 1.82) is 0 Å². The highest BCUT2D eigenvalue weighted by Crippen LogP contribution is 2.51. The molecule has 1 heterocycles. The fourth-order valence-electron chi connectivity index (χ4n) is 5.26. The Labute approximate surface area is 163 Å². The zero-order chi connectivity index (χ0) is 17.7. The van der Waals surface area contributed by atoms with Crippen molar-refractivity contribution >= 4 is 22.0 Å². The lowest BCUT2D eigenvalue weighted by Gasteiger charge is -2.46. The summed E-state index contributed by atoms with van der Waals surface area (Å²) in [7, 11) is 0. The second-order valence-corrected chi connectivity index (χ2v) is 8.86. The third kappa shape index (κ3) is 2.52. The van der Waals surface area contributed by atoms with Crippen LogP contribution in [0.3, 0.4) is 0 Å². The van der Waals surface area contributed by atoms with Gasteiger partial charge in [-0.05, 0) is 60.7 Å². The Bertz CT molecular complexity index is 866. The van der Waals surface area contributed by atoms with E-state index in [-0.39, 0.29) is 17.6 Å². The van der Waals surface area contributed by atoms with Gasteiger partial charge in [0.05, 0.1) is 6.10 Å². The van der Waals surface area contributed by atoms with Crippen LogP contribution in [-0.2, 0) is 18.3 Å². The molecule has 0 bridgehead atoms. The van der Waals surface area contributed by atoms with E-state index in [4.69, 9.17) is 0 Å². The molecule has 2 aromatic carbocycles. The van der Waals surface area contributed by atoms with Crippen LogP contribution >= 0.6 is 15.9 Å². The number of hydrogen-bond donors (Lipinski definition) is 1. The van der Waals surface area contributed by atoms with E-state index in [1.165, 1.54) is 26.7 Å². The third-order valence-corrected chi connectivity index (χ3v) is 7.74. The van der Waals surface area contributed by atoms with Crippen molar-refractivity contribution in [2.45, 2.75) is 43.2 Å². The number of halogens is 1. The summed E-state index contributed by atoms with van der Waals surface area (Å²) >= 11 is 3.88. The minimum Gasteiger partial charge on any atom is -0.391 e. The van der Waals surface area contributed by atoms with Crippen LogP contribution in [0.5, 0.6) is 0 Å². The first-order valence-electron chi connectivity index (χ1n) is 9.63. The van der Waals surface area contributed by atoms with Crippen LogP contribution in [-0.4, -0.2) is 35.2 Å². The standard InChI is InChI=1S/C23H24BrNO/c24-22-15-18-7-3-4-8-19(18)23(22)9-11-25(12-10-23)20-13-16-5-1-2-6-17(16)14-21(20)26/h1-8,15,20-21,26H,9-14H2. The summed E-state index contributed by atoms with van der Waals surface area (Å²) in [5.41, 5.74) is 5.71. The lowest BCUT2D eigenvalue weighted by Crippen LogP contribution is -2.53. The Morgan fingerprint density at radius 1 is 0.923 bits per heavy atom. The van der Waals surface area contributed by atoms with Crippen molar-refractivity contribution in [3.63, 3.8) is 0 Å². The van der Waals surface area contributed by atoms with Gasteiger partial charge in [0.15, 0.2) is 0 Å². The highest BCUT2D eigenvalue weighted by molar-refractivity contribution is 9.11. The van der Waals surface area contributed by atoms with E-state index in [2.05, 4.69) is 75.4 Å². The SMILES string of the molecule is OC1Cc2ccccc2CC1N1CCC2(CC1)C(Br)=Cc1ccccc12. The van der Waals surface area contributed by atoms with Gasteiger partial charge in [-0.2, -0.15) is 0 Å². The number of piperidine rings is 1. The molecule has 5 rings (SSSR count). The molecule has 2 atom stereocenters. The molecule has 2 nitrogen and oxygen atoms in total. The summed E-state index contributed by atoms with van der Waals surface area (Å²) in [5.74, 6) is 0. The average Bonchev–Trinajstić information content (AvgIpc) is 2.94. The molecule has 2 unspecified atom stereocenters. The van der Waals surface area contributed by atoms with Crippen LogP contribution in [0.25, 0.3) is 6.08 Å². The van der Waals surface area contributed by atoms with E-state index in [1.807, 2.05) is 0 Å². The van der Waals surface area contributed by atoms with Gasteiger partial charge in [-0.25, -0.2) is 0 Å². The summed E-state index contributed by atoms with van der Waals surface area (Å²) in [6.45, 7) is 2.09. The maximum atomic E-state index is 10.8. The maximum Gasteiger partial charge on any atom is 0.0738 e. The van der Waals surface area contributed by atoms with Crippen LogP contribution in [0.1, 0.15) is 35.1 Å². The van der Waals surface area contributed by atoms with Gasteiger partial charge in [-0.1, -0.05) is 64.5 Å². The quantitative estimate of drug-likeness (QED) is 0.758. The van der Waals surface area contributed by atoms with Crippen LogP contribution in [0.2, 0.25) is 0 Å². The minimum atomic E-state index is -0.256. The molecule has 3 heteroatoms. The highest BCUT2D eigenvalue weighted by atomic mass is 79.9. The molecule has 0 amide bonds. The Morgan fingerprint density at radius 2 is 1.58 bits per heavy atom. The number of nitrogens with zero attached hydrogens (tertiary/aromatic N) is 1. The molecular formula is C23H24BrNO. The normalized spacial score (nSPS) is 27.1. The fraction of sp³-hybridized carbons (Fsp3) is 0.391. The minimum absolute atomic E-state index is 0.143. The van der Waals surface area contributed by atoms with Crippen molar-refractivity contribution in [1.82, 2.24) is 4.90 Å². The van der Waals surface area contributed by atoms with Crippen molar-refractivity contribution < 1.29 is 5.11 Å². The zero-order valence-corrected chi connectivity index (χ0v) is 16.5. The fourth-order valence-corrected chi connectivity index (χ4v) is 6.12. The molecule has 26 heavy (non-hydrogen) atoms. The van der Waals surface area contributed by atoms with Gasteiger partial charge in [-0.15, -0.1) is 0 Å². The van der Waals surface area contributed by atoms with E-state index >= 15 is 0 Å². The van der Waals surface area contributed by atoms with Gasteiger partial charge in [0, 0.05) is 22.4 Å². The first-order chi connectivity index (χ1) is 12.7. The van der Waals surface area contributed by atoms with Crippen LogP contribution in [0.15, 0.2) is 53.0 Å². The van der Waals surface area contributed by atoms with Gasteiger partial charge >= 0.3 is 0 Å². The molecule has 0 aromatic heterocycles. The molecule has 0 saturated carbocycles. The van der Waals surface area contributed by atoms with E-state index in [0.717, 1.165) is 38.8 Å². The van der Waals surface area contributed by atoms with Crippen molar-refractivity contribution in [3.05, 3.63) is 75.3 Å². The van der Waals surface area contributed by atoms with E-state index in [1.54, 1.807) is 0 Å². The monoisotopic (exact) mass is 409 g/mol. The predicted octanol–water partition coefficient (Wildman–Crippen LogP) is 4.30. The number of hydrogen-bond acceptors (Lipinski definition) is 2. The summed E-state index contributed by atoms with van der Waals surface area (Å²) in [5, 5.41) is 10.8. The number of aliphatic hydroxyl groups is 1. The summed E-state index contributed by atoms with van der Waals surface area (Å²) in [6, 6.07) is 17.6. The highest BCUT2D eigenvalue weighted by Gasteiger charge is 2.44. The Balaban J connectivity index is 1.36. The molecular weight excluding hydrogens is 386 g/mol. The number of fused-ring (bicyclic) bond motifs is 3. The van der Waals surface area contributed by atoms with E-state index in [9.17, 15) is 5.11 Å². The van der Waals surface area contributed by atoms with Gasteiger partial charge in [-0.3, -0.25) is 4.90 Å². The molecule has 1 spiro atoms. The Hall–Kier alpha value is -1.42. The molecule has 0 radical (unpaired) electrons. The number of aliphatic hydroxyl groups excluding tert-OH is 1. The summed E-state index contributed by atoms with van der Waals surface area (Å²) < 4.78 is 1.33. The smallest absolute Gasteiger partial charge is 0.0738 e. The topological polar surface area (TPSA) is 23.5 Å². The second kappa shape index (κ2) is 6.33. The van der Waals surface area contributed by atoms with Crippen molar-refractivity contribution in [2.24, 2.45) is 0 Å². The number of allylic oxidation sites excluding steroid dienone is 1. The van der Waals surface area contributed by atoms with Crippen LogP contribution in [0, 0.1) is 0 Å². The van der Waals surface area contributed by atoms with E-state index < -0.39 is 0 Å². The molecule has 3 aliphatic rings. The lowest BCUT2D eigenvalue weighted by atomic mass is 9.73. The molecule has 134 valence electrons. The summed E-state index contributed by atoms with van der Waals surface area (Å²) in [6.07, 6.45) is 6.04. The summed E-state index contributed by atoms with van der Waals surface area (Å²) in [4.78, 5) is 2.53. The van der Waals surface area contributed by atoms with Crippen LogP contribution in [0.4, 0.5) is 0 Å².